The molecule has 192 valence electrons. The largest absolute Gasteiger partial charge is 0.493 e. The summed E-state index contributed by atoms with van der Waals surface area (Å²) in [5.74, 6) is 2.59. The van der Waals surface area contributed by atoms with Gasteiger partial charge in [-0.3, -0.25) is 0 Å². The third-order valence-electron chi connectivity index (χ3n) is 7.47. The average Bonchev–Trinajstić information content (AvgIpc) is 2.93. The van der Waals surface area contributed by atoms with Crippen LogP contribution in [0.1, 0.15) is 125 Å². The molecule has 1 aliphatic carbocycles. The molecular formula is C31H42N4O. The Kier molecular flexibility index (Phi) is 12.3. The zero-order valence-corrected chi connectivity index (χ0v) is 22.1. The van der Waals surface area contributed by atoms with Gasteiger partial charge in [0.1, 0.15) is 23.7 Å². The zero-order valence-electron chi connectivity index (χ0n) is 22.1. The van der Waals surface area contributed by atoms with E-state index in [0.29, 0.717) is 35.3 Å². The van der Waals surface area contributed by atoms with Gasteiger partial charge in [0.25, 0.3) is 0 Å². The van der Waals surface area contributed by atoms with Gasteiger partial charge in [0, 0.05) is 18.3 Å². The number of nitriles is 2. The lowest BCUT2D eigenvalue weighted by Gasteiger charge is -2.27. The fraction of sp³-hybridized carbons (Fsp3) is 0.613. The predicted molar refractivity (Wildman–Crippen MR) is 144 cm³/mol. The molecule has 0 atom stereocenters. The van der Waals surface area contributed by atoms with Crippen LogP contribution in [0.25, 0.3) is 0 Å². The van der Waals surface area contributed by atoms with E-state index < -0.39 is 0 Å². The van der Waals surface area contributed by atoms with Crippen LogP contribution in [0.2, 0.25) is 0 Å². The molecule has 0 amide bonds. The maximum atomic E-state index is 9.19. The highest BCUT2D eigenvalue weighted by molar-refractivity contribution is 5.49. The van der Waals surface area contributed by atoms with Gasteiger partial charge in [0.2, 0.25) is 0 Å². The molecule has 1 heterocycles. The second kappa shape index (κ2) is 15.9. The van der Waals surface area contributed by atoms with Crippen LogP contribution in [-0.2, 0) is 6.42 Å². The van der Waals surface area contributed by atoms with Gasteiger partial charge in [-0.1, -0.05) is 64.7 Å². The standard InChI is InChI=1S/C31H42N4O/c1-2-3-4-5-6-7-8-9-10-11-12-26-22-34-31(35-23-26)27-15-13-25(14-16-27)24-36-30-18-17-28(20-32)29(19-30)21-33/h17-19,22-23,25,27H,2-16,24H2,1H3. The van der Waals surface area contributed by atoms with E-state index in [1.807, 2.05) is 18.5 Å². The van der Waals surface area contributed by atoms with Crippen LogP contribution in [0, 0.1) is 28.6 Å². The Balaban J connectivity index is 1.29. The van der Waals surface area contributed by atoms with Crippen molar-refractivity contribution in [1.29, 1.82) is 10.5 Å². The summed E-state index contributed by atoms with van der Waals surface area (Å²) in [6, 6.07) is 9.19. The van der Waals surface area contributed by atoms with Gasteiger partial charge >= 0.3 is 0 Å². The number of benzene rings is 1. The monoisotopic (exact) mass is 486 g/mol. The second-order valence-corrected chi connectivity index (χ2v) is 10.3. The van der Waals surface area contributed by atoms with Crippen molar-refractivity contribution in [3.05, 3.63) is 53.1 Å². The first-order valence-corrected chi connectivity index (χ1v) is 14.1. The van der Waals surface area contributed by atoms with Crippen molar-refractivity contribution in [3.8, 4) is 17.9 Å². The topological polar surface area (TPSA) is 82.6 Å². The van der Waals surface area contributed by atoms with Crippen molar-refractivity contribution >= 4 is 0 Å². The molecule has 36 heavy (non-hydrogen) atoms. The highest BCUT2D eigenvalue weighted by atomic mass is 16.5. The van der Waals surface area contributed by atoms with Gasteiger partial charge in [-0.2, -0.15) is 10.5 Å². The van der Waals surface area contributed by atoms with Crippen molar-refractivity contribution in [1.82, 2.24) is 9.97 Å². The Morgan fingerprint density at radius 2 is 1.42 bits per heavy atom. The fourth-order valence-corrected chi connectivity index (χ4v) is 5.13. The van der Waals surface area contributed by atoms with Crippen molar-refractivity contribution < 1.29 is 4.74 Å². The molecular weight excluding hydrogens is 444 g/mol. The lowest BCUT2D eigenvalue weighted by atomic mass is 9.82. The van der Waals surface area contributed by atoms with E-state index in [4.69, 9.17) is 20.0 Å². The Bertz CT molecular complexity index is 981. The Morgan fingerprint density at radius 3 is 2.03 bits per heavy atom. The maximum absolute atomic E-state index is 9.19. The number of unbranched alkanes of at least 4 members (excludes halogenated alkanes) is 9. The number of hydrogen-bond acceptors (Lipinski definition) is 5. The number of hydrogen-bond donors (Lipinski definition) is 0. The first-order chi connectivity index (χ1) is 17.7. The van der Waals surface area contributed by atoms with E-state index >= 15 is 0 Å². The predicted octanol–water partition coefficient (Wildman–Crippen LogP) is 8.04. The molecule has 0 aliphatic heterocycles. The molecule has 5 nitrogen and oxygen atoms in total. The zero-order chi connectivity index (χ0) is 25.4. The molecule has 1 aromatic carbocycles. The maximum Gasteiger partial charge on any atom is 0.131 e. The van der Waals surface area contributed by atoms with Gasteiger partial charge < -0.3 is 4.74 Å². The molecule has 0 bridgehead atoms. The molecule has 1 saturated carbocycles. The first-order valence-electron chi connectivity index (χ1n) is 14.1. The summed E-state index contributed by atoms with van der Waals surface area (Å²) in [6.07, 6.45) is 23.2. The molecule has 0 unspecified atom stereocenters. The molecule has 5 heteroatoms. The lowest BCUT2D eigenvalue weighted by molar-refractivity contribution is 0.198. The van der Waals surface area contributed by atoms with E-state index in [1.165, 1.54) is 69.8 Å². The van der Waals surface area contributed by atoms with Gasteiger partial charge in [0.05, 0.1) is 17.7 Å². The molecule has 0 saturated heterocycles. The van der Waals surface area contributed by atoms with Gasteiger partial charge in [0.15, 0.2) is 0 Å². The Labute approximate surface area is 217 Å². The van der Waals surface area contributed by atoms with Crippen molar-refractivity contribution in [2.24, 2.45) is 5.92 Å². The van der Waals surface area contributed by atoms with Gasteiger partial charge in [-0.05, 0) is 68.2 Å². The summed E-state index contributed by atoms with van der Waals surface area (Å²) in [4.78, 5) is 9.44. The number of rotatable bonds is 15. The number of ether oxygens (including phenoxy) is 1. The normalized spacial score (nSPS) is 17.3. The highest BCUT2D eigenvalue weighted by Crippen LogP contribution is 2.34. The highest BCUT2D eigenvalue weighted by Gasteiger charge is 2.24. The lowest BCUT2D eigenvalue weighted by Crippen LogP contribution is -2.20. The van der Waals surface area contributed by atoms with E-state index in [1.54, 1.807) is 18.2 Å². The van der Waals surface area contributed by atoms with Crippen molar-refractivity contribution in [2.45, 2.75) is 109 Å². The molecule has 0 spiro atoms. The molecule has 1 aromatic heterocycles. The summed E-state index contributed by atoms with van der Waals surface area (Å²) in [5, 5.41) is 18.2. The molecule has 0 radical (unpaired) electrons. The van der Waals surface area contributed by atoms with E-state index in [2.05, 4.69) is 13.0 Å². The summed E-state index contributed by atoms with van der Waals surface area (Å²) in [6.45, 7) is 2.92. The summed E-state index contributed by atoms with van der Waals surface area (Å²) in [7, 11) is 0. The van der Waals surface area contributed by atoms with Crippen molar-refractivity contribution in [3.63, 3.8) is 0 Å². The van der Waals surface area contributed by atoms with Crippen molar-refractivity contribution in [2.75, 3.05) is 6.61 Å². The summed E-state index contributed by atoms with van der Waals surface area (Å²) >= 11 is 0. The van der Waals surface area contributed by atoms with Crippen LogP contribution in [0.4, 0.5) is 0 Å². The van der Waals surface area contributed by atoms with E-state index in [-0.39, 0.29) is 0 Å². The van der Waals surface area contributed by atoms with E-state index in [0.717, 1.165) is 37.9 Å². The molecule has 1 fully saturated rings. The minimum Gasteiger partial charge on any atom is -0.493 e. The SMILES string of the molecule is CCCCCCCCCCCCc1cnc(C2CCC(COc3ccc(C#N)c(C#N)c3)CC2)nc1. The Morgan fingerprint density at radius 1 is 0.806 bits per heavy atom. The van der Waals surface area contributed by atoms with Crippen LogP contribution in [0.5, 0.6) is 5.75 Å². The third-order valence-corrected chi connectivity index (χ3v) is 7.47. The van der Waals surface area contributed by atoms with Gasteiger partial charge in [-0.25, -0.2) is 9.97 Å². The van der Waals surface area contributed by atoms with Crippen LogP contribution in [0.3, 0.4) is 0 Å². The van der Waals surface area contributed by atoms with Crippen LogP contribution >= 0.6 is 0 Å². The minimum absolute atomic E-state index is 0.368. The van der Waals surface area contributed by atoms with Gasteiger partial charge in [-0.15, -0.1) is 0 Å². The van der Waals surface area contributed by atoms with Crippen LogP contribution in [0.15, 0.2) is 30.6 Å². The fourth-order valence-electron chi connectivity index (χ4n) is 5.13. The number of aryl methyl sites for hydroxylation is 1. The minimum atomic E-state index is 0.368. The van der Waals surface area contributed by atoms with E-state index in [9.17, 15) is 5.26 Å². The van der Waals surface area contributed by atoms with Crippen LogP contribution < -0.4 is 4.74 Å². The summed E-state index contributed by atoms with van der Waals surface area (Å²) in [5.41, 5.74) is 2.02. The third kappa shape index (κ3) is 9.27. The quantitative estimate of drug-likeness (QED) is 0.238. The Hall–Kier alpha value is -2.92. The smallest absolute Gasteiger partial charge is 0.131 e. The molecule has 3 rings (SSSR count). The number of nitrogens with zero attached hydrogens (tertiary/aromatic N) is 4. The van der Waals surface area contributed by atoms with Crippen LogP contribution in [-0.4, -0.2) is 16.6 Å². The molecule has 1 aliphatic rings. The number of aromatic nitrogens is 2. The molecule has 2 aromatic rings. The molecule has 0 N–H and O–H groups in total. The average molecular weight is 487 g/mol. The first kappa shape index (κ1) is 27.7. The summed E-state index contributed by atoms with van der Waals surface area (Å²) < 4.78 is 5.94. The second-order valence-electron chi connectivity index (χ2n) is 10.3.